The van der Waals surface area contributed by atoms with E-state index in [1.165, 1.54) is 12.3 Å². The van der Waals surface area contributed by atoms with E-state index in [9.17, 15) is 13.6 Å². The molecule has 0 unspecified atom stereocenters. The fourth-order valence-electron chi connectivity index (χ4n) is 2.24. The number of pyridine rings is 1. The molecule has 1 heterocycles. The number of aromatic nitrogens is 1. The van der Waals surface area contributed by atoms with Crippen molar-refractivity contribution in [1.29, 1.82) is 0 Å². The summed E-state index contributed by atoms with van der Waals surface area (Å²) < 4.78 is 34.7. The van der Waals surface area contributed by atoms with Crippen molar-refractivity contribution in [1.82, 2.24) is 10.3 Å². The van der Waals surface area contributed by atoms with E-state index in [0.717, 1.165) is 5.56 Å². The van der Waals surface area contributed by atoms with Crippen molar-refractivity contribution < 1.29 is 23.0 Å². The van der Waals surface area contributed by atoms with Gasteiger partial charge in [-0.3, -0.25) is 9.78 Å². The number of nitrogens with one attached hydrogen (secondary N) is 2. The molecule has 0 bridgehead atoms. The molecule has 1 aromatic heterocycles. The second-order valence-corrected chi connectivity index (χ2v) is 5.24. The van der Waals surface area contributed by atoms with E-state index in [1.54, 1.807) is 31.2 Å². The van der Waals surface area contributed by atoms with Crippen LogP contribution >= 0.6 is 0 Å². The molecular weight excluding hydrogens is 344 g/mol. The summed E-state index contributed by atoms with van der Waals surface area (Å²) in [7, 11) is 0. The third-order valence-corrected chi connectivity index (χ3v) is 3.35. The van der Waals surface area contributed by atoms with Gasteiger partial charge in [-0.15, -0.1) is 0 Å². The second-order valence-electron chi connectivity index (χ2n) is 5.24. The Labute approximate surface area is 150 Å². The number of alkyl halides is 2. The van der Waals surface area contributed by atoms with Crippen molar-refractivity contribution in [3.05, 3.63) is 47.8 Å². The number of halogens is 2. The highest BCUT2D eigenvalue weighted by Crippen LogP contribution is 2.30. The lowest BCUT2D eigenvalue weighted by Gasteiger charge is -2.13. The minimum absolute atomic E-state index is 0.00645. The molecule has 0 radical (unpaired) electrons. The lowest BCUT2D eigenvalue weighted by Crippen LogP contribution is -2.23. The number of rotatable bonds is 9. The summed E-state index contributed by atoms with van der Waals surface area (Å²) in [5.41, 5.74) is 1.84. The molecule has 26 heavy (non-hydrogen) atoms. The lowest BCUT2D eigenvalue weighted by atomic mass is 10.2. The Morgan fingerprint density at radius 1 is 1.19 bits per heavy atom. The standard InChI is InChI=1S/C18H21F2N3O3/c1-3-21-17(24)14-10-13(7-8-22-14)23-11-12-5-6-15(26-18(19)20)16(9-12)25-4-2/h5-10,18H,3-4,11H2,1-2H3,(H,21,24)(H,22,23). The van der Waals surface area contributed by atoms with Crippen molar-refractivity contribution in [3.8, 4) is 11.5 Å². The van der Waals surface area contributed by atoms with E-state index >= 15 is 0 Å². The maximum absolute atomic E-state index is 12.4. The van der Waals surface area contributed by atoms with Gasteiger partial charge in [0.25, 0.3) is 5.91 Å². The molecule has 140 valence electrons. The van der Waals surface area contributed by atoms with E-state index in [2.05, 4.69) is 20.4 Å². The van der Waals surface area contributed by atoms with Crippen LogP contribution in [0.1, 0.15) is 29.9 Å². The molecule has 0 fully saturated rings. The van der Waals surface area contributed by atoms with Crippen LogP contribution in [-0.4, -0.2) is 30.7 Å². The highest BCUT2D eigenvalue weighted by Gasteiger charge is 2.12. The number of ether oxygens (including phenoxy) is 2. The van der Waals surface area contributed by atoms with Crippen LogP contribution in [0.3, 0.4) is 0 Å². The van der Waals surface area contributed by atoms with Gasteiger partial charge in [-0.2, -0.15) is 8.78 Å². The van der Waals surface area contributed by atoms with E-state index in [-0.39, 0.29) is 17.4 Å². The van der Waals surface area contributed by atoms with Gasteiger partial charge in [-0.1, -0.05) is 6.07 Å². The predicted molar refractivity (Wildman–Crippen MR) is 93.8 cm³/mol. The Balaban J connectivity index is 2.08. The number of benzene rings is 1. The van der Waals surface area contributed by atoms with Gasteiger partial charge in [0, 0.05) is 25.0 Å². The predicted octanol–water partition coefficient (Wildman–Crippen LogP) is 3.44. The number of carbonyl (C=O) groups excluding carboxylic acids is 1. The van der Waals surface area contributed by atoms with E-state index in [4.69, 9.17) is 4.74 Å². The van der Waals surface area contributed by atoms with Crippen molar-refractivity contribution in [3.63, 3.8) is 0 Å². The van der Waals surface area contributed by atoms with E-state index in [0.29, 0.717) is 31.1 Å². The largest absolute Gasteiger partial charge is 0.490 e. The highest BCUT2D eigenvalue weighted by atomic mass is 19.3. The second kappa shape index (κ2) is 9.55. The van der Waals surface area contributed by atoms with Crippen molar-refractivity contribution in [2.24, 2.45) is 0 Å². The van der Waals surface area contributed by atoms with Gasteiger partial charge in [-0.25, -0.2) is 0 Å². The Morgan fingerprint density at radius 3 is 2.69 bits per heavy atom. The van der Waals surface area contributed by atoms with Gasteiger partial charge in [-0.05, 0) is 43.7 Å². The monoisotopic (exact) mass is 365 g/mol. The maximum atomic E-state index is 12.4. The fourth-order valence-corrected chi connectivity index (χ4v) is 2.24. The summed E-state index contributed by atoms with van der Waals surface area (Å²) in [5, 5.41) is 5.85. The van der Waals surface area contributed by atoms with Crippen LogP contribution in [0, 0.1) is 0 Å². The van der Waals surface area contributed by atoms with Gasteiger partial charge in [0.2, 0.25) is 0 Å². The topological polar surface area (TPSA) is 72.5 Å². The molecule has 6 nitrogen and oxygen atoms in total. The summed E-state index contributed by atoms with van der Waals surface area (Å²) in [4.78, 5) is 15.9. The first-order chi connectivity index (χ1) is 12.5. The minimum Gasteiger partial charge on any atom is -0.490 e. The van der Waals surface area contributed by atoms with Crippen LogP contribution in [0.4, 0.5) is 14.5 Å². The minimum atomic E-state index is -2.91. The van der Waals surface area contributed by atoms with Gasteiger partial charge in [0.1, 0.15) is 5.69 Å². The molecule has 1 amide bonds. The average molecular weight is 365 g/mol. The molecule has 2 aromatic rings. The Bertz CT molecular complexity index is 741. The number of nitrogens with zero attached hydrogens (tertiary/aromatic N) is 1. The third-order valence-electron chi connectivity index (χ3n) is 3.35. The van der Waals surface area contributed by atoms with Crippen LogP contribution < -0.4 is 20.1 Å². The number of hydrogen-bond donors (Lipinski definition) is 2. The van der Waals surface area contributed by atoms with Crippen LogP contribution in [0.15, 0.2) is 36.5 Å². The van der Waals surface area contributed by atoms with Crippen molar-refractivity contribution in [2.75, 3.05) is 18.5 Å². The number of amides is 1. The lowest BCUT2D eigenvalue weighted by molar-refractivity contribution is -0.0514. The molecule has 0 spiro atoms. The van der Waals surface area contributed by atoms with Gasteiger partial charge in [0.05, 0.1) is 6.61 Å². The summed E-state index contributed by atoms with van der Waals surface area (Å²) in [6, 6.07) is 8.13. The molecule has 0 atom stereocenters. The smallest absolute Gasteiger partial charge is 0.387 e. The molecule has 0 aliphatic rings. The number of carbonyl (C=O) groups is 1. The van der Waals surface area contributed by atoms with Crippen LogP contribution in [0.25, 0.3) is 0 Å². The normalized spacial score (nSPS) is 10.5. The van der Waals surface area contributed by atoms with Gasteiger partial charge in [0.15, 0.2) is 11.5 Å². The van der Waals surface area contributed by atoms with Crippen molar-refractivity contribution >= 4 is 11.6 Å². The molecule has 0 saturated carbocycles. The zero-order valence-corrected chi connectivity index (χ0v) is 14.6. The van der Waals surface area contributed by atoms with E-state index < -0.39 is 6.61 Å². The van der Waals surface area contributed by atoms with Crippen LogP contribution in [0.2, 0.25) is 0 Å². The van der Waals surface area contributed by atoms with E-state index in [1.807, 2.05) is 6.92 Å². The first-order valence-corrected chi connectivity index (χ1v) is 8.22. The molecule has 0 aliphatic carbocycles. The van der Waals surface area contributed by atoms with Crippen LogP contribution in [0.5, 0.6) is 11.5 Å². The summed E-state index contributed by atoms with van der Waals surface area (Å²) in [6.07, 6.45) is 1.54. The van der Waals surface area contributed by atoms with Crippen LogP contribution in [-0.2, 0) is 6.54 Å². The molecule has 8 heteroatoms. The quantitative estimate of drug-likeness (QED) is 0.712. The highest BCUT2D eigenvalue weighted by molar-refractivity contribution is 5.93. The Hall–Kier alpha value is -2.90. The summed E-state index contributed by atoms with van der Waals surface area (Å²) >= 11 is 0. The molecule has 2 N–H and O–H groups in total. The summed E-state index contributed by atoms with van der Waals surface area (Å²) in [5.74, 6) is 0.00107. The Kier molecular flexibility index (Phi) is 7.13. The summed E-state index contributed by atoms with van der Waals surface area (Å²) in [6.45, 7) is 1.94. The first-order valence-electron chi connectivity index (χ1n) is 8.22. The van der Waals surface area contributed by atoms with Gasteiger partial charge >= 0.3 is 6.61 Å². The zero-order valence-electron chi connectivity index (χ0n) is 14.6. The molecule has 0 aliphatic heterocycles. The molecular formula is C18H21F2N3O3. The third kappa shape index (κ3) is 5.58. The molecule has 0 saturated heterocycles. The number of anilines is 1. The molecule has 2 rings (SSSR count). The average Bonchev–Trinajstić information content (AvgIpc) is 2.62. The van der Waals surface area contributed by atoms with Gasteiger partial charge < -0.3 is 20.1 Å². The van der Waals surface area contributed by atoms with Crippen molar-refractivity contribution in [2.45, 2.75) is 27.0 Å². The first kappa shape index (κ1) is 19.4. The SMILES string of the molecule is CCNC(=O)c1cc(NCc2ccc(OC(F)F)c(OCC)c2)ccn1. The maximum Gasteiger partial charge on any atom is 0.387 e. The molecule has 1 aromatic carbocycles. The fraction of sp³-hybridized carbons (Fsp3) is 0.333. The Morgan fingerprint density at radius 2 is 2.00 bits per heavy atom. The number of hydrogen-bond acceptors (Lipinski definition) is 5. The zero-order chi connectivity index (χ0) is 18.9.